The fraction of sp³-hybridized carbons (Fsp3) is 0.556. The van der Waals surface area contributed by atoms with Gasteiger partial charge in [0.25, 0.3) is 12.4 Å². The number of nitrogens with one attached hydrogen (secondary N) is 1. The lowest BCUT2D eigenvalue weighted by molar-refractivity contribution is -0.135. The molecule has 1 saturated carbocycles. The number of fused-ring (bicyclic) bond motifs is 1. The lowest BCUT2D eigenvalue weighted by atomic mass is 9.88. The number of pyridine rings is 1. The first-order valence-electron chi connectivity index (χ1n) is 8.56. The van der Waals surface area contributed by atoms with Gasteiger partial charge in [-0.05, 0) is 31.6 Å². The van der Waals surface area contributed by atoms with Crippen LogP contribution < -0.4 is 5.43 Å². The van der Waals surface area contributed by atoms with E-state index in [2.05, 4.69) is 4.98 Å². The van der Waals surface area contributed by atoms with Crippen molar-refractivity contribution < 1.29 is 19.5 Å². The molecule has 2 fully saturated rings. The van der Waals surface area contributed by atoms with E-state index in [1.54, 1.807) is 23.8 Å². The summed E-state index contributed by atoms with van der Waals surface area (Å²) in [6.45, 7) is 2.30. The van der Waals surface area contributed by atoms with Crippen molar-refractivity contribution in [3.8, 4) is 0 Å². The average Bonchev–Trinajstić information content (AvgIpc) is 2.96. The highest BCUT2D eigenvalue weighted by Gasteiger charge is 2.42. The van der Waals surface area contributed by atoms with Crippen LogP contribution in [0.2, 0.25) is 0 Å². The predicted octanol–water partition coefficient (Wildman–Crippen LogP) is 0.713. The Hall–Kier alpha value is -2.64. The highest BCUT2D eigenvalue weighted by Crippen LogP contribution is 2.40. The van der Waals surface area contributed by atoms with Gasteiger partial charge in [-0.15, -0.1) is 0 Å². The number of likely N-dealkylation sites (tertiary alicyclic amines) is 1. The smallest absolute Gasteiger partial charge is 0.290 e. The van der Waals surface area contributed by atoms with Gasteiger partial charge in [-0.25, -0.2) is 0 Å². The van der Waals surface area contributed by atoms with E-state index in [0.29, 0.717) is 29.6 Å². The van der Waals surface area contributed by atoms with E-state index in [4.69, 9.17) is 9.90 Å². The number of piperidine rings is 1. The Morgan fingerprint density at radius 2 is 1.92 bits per heavy atom. The first kappa shape index (κ1) is 19.7. The molecule has 142 valence electrons. The monoisotopic (exact) mass is 363 g/mol. The molecule has 3 atom stereocenters. The quantitative estimate of drug-likeness (QED) is 0.752. The minimum Gasteiger partial charge on any atom is -0.483 e. The number of hydrogen-bond acceptors (Lipinski definition) is 4. The van der Waals surface area contributed by atoms with Crippen LogP contribution in [0.5, 0.6) is 0 Å². The summed E-state index contributed by atoms with van der Waals surface area (Å²) in [5, 5.41) is 6.89. The second-order valence-electron chi connectivity index (χ2n) is 7.06. The number of carbonyl (C=O) groups is 3. The second-order valence-corrected chi connectivity index (χ2v) is 7.06. The van der Waals surface area contributed by atoms with E-state index < -0.39 is 0 Å². The number of aromatic amines is 1. The normalized spacial score (nSPS) is 24.3. The van der Waals surface area contributed by atoms with Gasteiger partial charge in [0, 0.05) is 50.9 Å². The topological polar surface area (TPSA) is 111 Å². The number of aromatic nitrogens is 1. The lowest BCUT2D eigenvalue weighted by Gasteiger charge is -2.31. The Morgan fingerprint density at radius 1 is 1.31 bits per heavy atom. The summed E-state index contributed by atoms with van der Waals surface area (Å²) in [5.74, 6) is 0.878. The van der Waals surface area contributed by atoms with Crippen LogP contribution >= 0.6 is 0 Å². The average molecular weight is 363 g/mol. The molecule has 1 aliphatic carbocycles. The molecule has 26 heavy (non-hydrogen) atoms. The molecule has 1 aromatic heterocycles. The van der Waals surface area contributed by atoms with Crippen LogP contribution in [0.25, 0.3) is 0 Å². The van der Waals surface area contributed by atoms with Crippen molar-refractivity contribution in [2.45, 2.75) is 32.2 Å². The number of rotatable bonds is 2. The van der Waals surface area contributed by atoms with E-state index in [-0.39, 0.29) is 29.8 Å². The van der Waals surface area contributed by atoms with Gasteiger partial charge in [-0.1, -0.05) is 0 Å². The van der Waals surface area contributed by atoms with Crippen molar-refractivity contribution in [2.75, 3.05) is 20.6 Å². The summed E-state index contributed by atoms with van der Waals surface area (Å²) in [4.78, 5) is 51.0. The predicted molar refractivity (Wildman–Crippen MR) is 94.8 cm³/mol. The zero-order valence-electron chi connectivity index (χ0n) is 15.3. The second kappa shape index (κ2) is 8.16. The lowest BCUT2D eigenvalue weighted by Crippen LogP contribution is -2.40. The minimum atomic E-state index is -0.250. The van der Waals surface area contributed by atoms with Crippen molar-refractivity contribution in [3.05, 3.63) is 33.7 Å². The molecular weight excluding hydrogens is 338 g/mol. The maximum absolute atomic E-state index is 12.6. The summed E-state index contributed by atoms with van der Waals surface area (Å²) >= 11 is 0. The number of nitrogens with zero attached hydrogens (tertiary/aromatic N) is 2. The van der Waals surface area contributed by atoms with Gasteiger partial charge in [0.05, 0.1) is 0 Å². The minimum absolute atomic E-state index is 0.126. The summed E-state index contributed by atoms with van der Waals surface area (Å²) < 4.78 is 0. The third kappa shape index (κ3) is 4.30. The van der Waals surface area contributed by atoms with Crippen molar-refractivity contribution in [2.24, 2.45) is 11.8 Å². The molecule has 2 amide bonds. The van der Waals surface area contributed by atoms with Gasteiger partial charge in [0.15, 0.2) is 5.43 Å². The third-order valence-corrected chi connectivity index (χ3v) is 5.26. The van der Waals surface area contributed by atoms with Gasteiger partial charge >= 0.3 is 0 Å². The Morgan fingerprint density at radius 3 is 2.54 bits per heavy atom. The van der Waals surface area contributed by atoms with Crippen LogP contribution in [0.1, 0.15) is 35.4 Å². The maximum Gasteiger partial charge on any atom is 0.290 e. The number of carbonyl (C=O) groups excluding carboxylic acids is 2. The molecular formula is C18H25N3O5. The zero-order chi connectivity index (χ0) is 19.4. The molecule has 2 N–H and O–H groups in total. The Kier molecular flexibility index (Phi) is 6.18. The molecule has 3 rings (SSSR count). The summed E-state index contributed by atoms with van der Waals surface area (Å²) in [5.41, 5.74) is 0.854. The molecule has 0 bridgehead atoms. The standard InChI is InChI=1S/C17H23N3O3.CH2O2/c1-10-4-14(21)8-15(18-10)17(23)20(3)13-5-11-7-16(22)19(2)9-12(11)6-13;2-1-3/h4,8,11-13H,5-7,9H2,1-3H3,(H,18,21);1H,(H,2,3)/t11-,12+,13-;/m1./s1. The van der Waals surface area contributed by atoms with Crippen molar-refractivity contribution in [1.82, 2.24) is 14.8 Å². The van der Waals surface area contributed by atoms with Crippen molar-refractivity contribution in [1.29, 1.82) is 0 Å². The fourth-order valence-electron chi connectivity index (χ4n) is 3.96. The maximum atomic E-state index is 12.6. The summed E-state index contributed by atoms with van der Waals surface area (Å²) in [6.07, 6.45) is 2.37. The first-order chi connectivity index (χ1) is 12.3. The molecule has 1 saturated heterocycles. The van der Waals surface area contributed by atoms with Crippen LogP contribution in [-0.2, 0) is 9.59 Å². The fourth-order valence-corrected chi connectivity index (χ4v) is 3.96. The molecule has 1 aliphatic heterocycles. The van der Waals surface area contributed by atoms with Crippen LogP contribution in [0.4, 0.5) is 0 Å². The highest BCUT2D eigenvalue weighted by molar-refractivity contribution is 5.92. The van der Waals surface area contributed by atoms with Crippen molar-refractivity contribution in [3.63, 3.8) is 0 Å². The number of carboxylic acid groups (broad SMARTS) is 1. The van der Waals surface area contributed by atoms with Crippen LogP contribution in [0, 0.1) is 18.8 Å². The Balaban J connectivity index is 0.000000758. The summed E-state index contributed by atoms with van der Waals surface area (Å²) in [6, 6.07) is 2.95. The number of H-pyrrole nitrogens is 1. The number of hydrogen-bond donors (Lipinski definition) is 2. The first-order valence-corrected chi connectivity index (χ1v) is 8.56. The molecule has 0 unspecified atom stereocenters. The molecule has 2 heterocycles. The number of aryl methyl sites for hydroxylation is 1. The van der Waals surface area contributed by atoms with E-state index in [1.807, 2.05) is 7.05 Å². The molecule has 0 aromatic carbocycles. The molecule has 2 aliphatic rings. The van der Waals surface area contributed by atoms with E-state index in [9.17, 15) is 14.4 Å². The van der Waals surface area contributed by atoms with Gasteiger partial charge in [0.2, 0.25) is 5.91 Å². The van der Waals surface area contributed by atoms with Crippen LogP contribution in [0.3, 0.4) is 0 Å². The van der Waals surface area contributed by atoms with Gasteiger partial charge < -0.3 is 19.9 Å². The molecule has 1 aromatic rings. The molecule has 8 heteroatoms. The van der Waals surface area contributed by atoms with Gasteiger partial charge in [-0.3, -0.25) is 19.2 Å². The zero-order valence-corrected chi connectivity index (χ0v) is 15.3. The largest absolute Gasteiger partial charge is 0.483 e. The highest BCUT2D eigenvalue weighted by atomic mass is 16.3. The Bertz CT molecular complexity index is 745. The summed E-state index contributed by atoms with van der Waals surface area (Å²) in [7, 11) is 3.63. The molecule has 0 spiro atoms. The SMILES string of the molecule is Cc1cc(=O)cc(C(=O)N(C)[C@@H]2C[C@@H]3CC(=O)N(C)C[C@@H]3C2)[nH]1.O=CO. The van der Waals surface area contributed by atoms with Gasteiger partial charge in [0.1, 0.15) is 5.69 Å². The number of amides is 2. The van der Waals surface area contributed by atoms with Crippen LogP contribution in [0.15, 0.2) is 16.9 Å². The molecule has 8 nitrogen and oxygen atoms in total. The van der Waals surface area contributed by atoms with Crippen LogP contribution in [-0.4, -0.2) is 64.9 Å². The molecule has 0 radical (unpaired) electrons. The van der Waals surface area contributed by atoms with E-state index in [1.165, 1.54) is 12.1 Å². The van der Waals surface area contributed by atoms with Gasteiger partial charge in [-0.2, -0.15) is 0 Å². The van der Waals surface area contributed by atoms with E-state index >= 15 is 0 Å². The van der Waals surface area contributed by atoms with Crippen molar-refractivity contribution >= 4 is 18.3 Å². The third-order valence-electron chi connectivity index (χ3n) is 5.26. The Labute approximate surface area is 151 Å². The van der Waals surface area contributed by atoms with E-state index in [0.717, 1.165) is 19.4 Å².